The summed E-state index contributed by atoms with van der Waals surface area (Å²) in [6, 6.07) is 5.62. The minimum absolute atomic E-state index is 0.0199. The summed E-state index contributed by atoms with van der Waals surface area (Å²) in [6.45, 7) is 5.74. The molecule has 2 aliphatic rings. The Morgan fingerprint density at radius 2 is 2.15 bits per heavy atom. The van der Waals surface area contributed by atoms with Crippen LogP contribution in [0.25, 0.3) is 0 Å². The molecule has 1 N–H and O–H groups in total. The number of hydrogen-bond acceptors (Lipinski definition) is 7. The second-order valence-corrected chi connectivity index (χ2v) is 12.3. The quantitative estimate of drug-likeness (QED) is 0.587. The maximum absolute atomic E-state index is 13.4. The molecule has 33 heavy (non-hydrogen) atoms. The first-order chi connectivity index (χ1) is 15.7. The smallest absolute Gasteiger partial charge is 0.409 e. The summed E-state index contributed by atoms with van der Waals surface area (Å²) in [6.07, 6.45) is 2.42. The molecule has 2 aliphatic heterocycles. The molecule has 10 heteroatoms. The third-order valence-corrected chi connectivity index (χ3v) is 9.18. The summed E-state index contributed by atoms with van der Waals surface area (Å²) >= 11 is 9.48. The van der Waals surface area contributed by atoms with Gasteiger partial charge >= 0.3 is 6.09 Å². The van der Waals surface area contributed by atoms with E-state index in [1.807, 2.05) is 30.9 Å². The van der Waals surface area contributed by atoms with Crippen molar-refractivity contribution in [2.75, 3.05) is 44.0 Å². The van der Waals surface area contributed by atoms with Crippen molar-refractivity contribution in [1.29, 1.82) is 0 Å². The van der Waals surface area contributed by atoms with E-state index in [2.05, 4.69) is 4.98 Å². The summed E-state index contributed by atoms with van der Waals surface area (Å²) in [5.74, 6) is 0.756. The molecule has 178 valence electrons. The van der Waals surface area contributed by atoms with E-state index in [9.17, 15) is 14.7 Å². The fourth-order valence-electron chi connectivity index (χ4n) is 4.35. The number of fused-ring (bicyclic) bond motifs is 2. The number of thiazole rings is 1. The van der Waals surface area contributed by atoms with Crippen LogP contribution in [0.3, 0.4) is 0 Å². The van der Waals surface area contributed by atoms with Gasteiger partial charge in [-0.1, -0.05) is 25.4 Å². The molecule has 1 aromatic heterocycles. The van der Waals surface area contributed by atoms with Crippen LogP contribution in [-0.4, -0.2) is 66.1 Å². The number of amides is 2. The van der Waals surface area contributed by atoms with Crippen LogP contribution in [0.2, 0.25) is 5.02 Å². The summed E-state index contributed by atoms with van der Waals surface area (Å²) in [4.78, 5) is 33.4. The van der Waals surface area contributed by atoms with Gasteiger partial charge in [-0.15, -0.1) is 23.1 Å². The van der Waals surface area contributed by atoms with Crippen molar-refractivity contribution in [1.82, 2.24) is 9.88 Å². The minimum atomic E-state index is -0.350. The molecule has 0 radical (unpaired) electrons. The first-order valence-corrected chi connectivity index (χ1v) is 13.0. The van der Waals surface area contributed by atoms with Gasteiger partial charge in [0.1, 0.15) is 5.01 Å². The lowest BCUT2D eigenvalue weighted by Gasteiger charge is -2.25. The molecule has 1 aromatic carbocycles. The van der Waals surface area contributed by atoms with Crippen molar-refractivity contribution in [3.05, 3.63) is 40.0 Å². The largest absolute Gasteiger partial charge is 0.453 e. The second-order valence-electron chi connectivity index (χ2n) is 9.42. The Balaban J connectivity index is 1.50. The molecule has 1 spiro atoms. The van der Waals surface area contributed by atoms with Crippen molar-refractivity contribution in [2.45, 2.75) is 36.3 Å². The summed E-state index contributed by atoms with van der Waals surface area (Å²) in [5.41, 5.74) is 1.35. The number of aliphatic hydroxyl groups is 1. The average molecular weight is 510 g/mol. The van der Waals surface area contributed by atoms with Gasteiger partial charge in [-0.2, -0.15) is 0 Å². The highest BCUT2D eigenvalue weighted by molar-refractivity contribution is 8.01. The van der Waals surface area contributed by atoms with Crippen LogP contribution in [-0.2, 0) is 21.4 Å². The zero-order chi connectivity index (χ0) is 23.8. The van der Waals surface area contributed by atoms with E-state index in [0.29, 0.717) is 24.7 Å². The number of carbonyl (C=O) groups is 2. The molecular formula is C23H28ClN3O4S2. The Kier molecular flexibility index (Phi) is 6.96. The van der Waals surface area contributed by atoms with Crippen LogP contribution in [0.4, 0.5) is 10.5 Å². The highest BCUT2D eigenvalue weighted by Gasteiger charge is 2.50. The Bertz CT molecular complexity index is 1060. The number of anilines is 1. The predicted octanol–water partition coefficient (Wildman–Crippen LogP) is 4.21. The molecule has 2 aromatic rings. The third-order valence-electron chi connectivity index (χ3n) is 6.24. The van der Waals surface area contributed by atoms with E-state index in [-0.39, 0.29) is 35.9 Å². The molecule has 0 aliphatic carbocycles. The normalized spacial score (nSPS) is 19.9. The number of likely N-dealkylation sites (tertiary alicyclic amines) is 1. The Hall–Kier alpha value is -1.81. The van der Waals surface area contributed by atoms with E-state index in [1.165, 1.54) is 18.4 Å². The van der Waals surface area contributed by atoms with Crippen molar-refractivity contribution in [3.8, 4) is 0 Å². The lowest BCUT2D eigenvalue weighted by Crippen LogP contribution is -2.40. The van der Waals surface area contributed by atoms with E-state index in [4.69, 9.17) is 16.3 Å². The first-order valence-electron chi connectivity index (χ1n) is 10.8. The Morgan fingerprint density at radius 3 is 2.88 bits per heavy atom. The van der Waals surface area contributed by atoms with Gasteiger partial charge in [0.15, 0.2) is 0 Å². The van der Waals surface area contributed by atoms with Crippen LogP contribution < -0.4 is 4.90 Å². The number of aliphatic hydroxyl groups excluding tert-OH is 1. The van der Waals surface area contributed by atoms with Crippen molar-refractivity contribution < 1.29 is 19.4 Å². The van der Waals surface area contributed by atoms with Gasteiger partial charge in [0.25, 0.3) is 0 Å². The molecule has 0 saturated carbocycles. The number of aromatic nitrogens is 1. The highest BCUT2D eigenvalue weighted by atomic mass is 35.5. The Morgan fingerprint density at radius 1 is 1.36 bits per heavy atom. The topological polar surface area (TPSA) is 83.0 Å². The SMILES string of the molecule is COC(=O)N1CCC2(C1)CN(C(=O)Cc1ncc(SCC(C)(C)CO)s1)c1ccc(Cl)cc12. The maximum Gasteiger partial charge on any atom is 0.409 e. The number of hydrogen-bond donors (Lipinski definition) is 1. The van der Waals surface area contributed by atoms with E-state index in [1.54, 1.807) is 28.9 Å². The van der Waals surface area contributed by atoms with Crippen LogP contribution in [0.15, 0.2) is 28.6 Å². The third kappa shape index (κ3) is 5.01. The van der Waals surface area contributed by atoms with Gasteiger partial charge in [0.2, 0.25) is 5.91 Å². The number of carbonyl (C=O) groups excluding carboxylic acids is 2. The first kappa shape index (κ1) is 24.3. The summed E-state index contributed by atoms with van der Waals surface area (Å²) < 4.78 is 5.95. The number of rotatable bonds is 6. The molecule has 0 bridgehead atoms. The molecule has 7 nitrogen and oxygen atoms in total. The molecule has 1 atom stereocenters. The standard InChI is InChI=1S/C23H28ClN3O4S2/c1-22(2,13-28)14-32-20-10-25-18(33-20)9-19(29)27-12-23(6-7-26(11-23)21(30)31-3)16-8-15(24)4-5-17(16)27/h4-5,8,10,28H,6-7,9,11-14H2,1-3H3. The second kappa shape index (κ2) is 9.44. The van der Waals surface area contributed by atoms with Gasteiger partial charge in [0.05, 0.1) is 23.9 Å². The van der Waals surface area contributed by atoms with Gasteiger partial charge < -0.3 is 19.6 Å². The van der Waals surface area contributed by atoms with Gasteiger partial charge in [0, 0.05) is 48.1 Å². The fourth-order valence-corrected chi connectivity index (χ4v) is 6.61. The molecule has 1 fully saturated rings. The molecule has 2 amide bonds. The fraction of sp³-hybridized carbons (Fsp3) is 0.522. The monoisotopic (exact) mass is 509 g/mol. The number of ether oxygens (including phenoxy) is 1. The van der Waals surface area contributed by atoms with Crippen molar-refractivity contribution >= 4 is 52.4 Å². The number of thioether (sulfide) groups is 1. The molecule has 4 rings (SSSR count). The van der Waals surface area contributed by atoms with Gasteiger partial charge in [-0.3, -0.25) is 4.79 Å². The minimum Gasteiger partial charge on any atom is -0.453 e. The average Bonchev–Trinajstić information content (AvgIpc) is 3.50. The number of methoxy groups -OCH3 is 1. The Labute approximate surface area is 207 Å². The van der Waals surface area contributed by atoms with Crippen LogP contribution in [0, 0.1) is 5.41 Å². The van der Waals surface area contributed by atoms with Crippen LogP contribution in [0.1, 0.15) is 30.8 Å². The van der Waals surface area contributed by atoms with E-state index in [0.717, 1.165) is 32.6 Å². The molecule has 1 saturated heterocycles. The number of benzene rings is 1. The van der Waals surface area contributed by atoms with Crippen molar-refractivity contribution in [2.24, 2.45) is 5.41 Å². The van der Waals surface area contributed by atoms with Gasteiger partial charge in [-0.05, 0) is 35.6 Å². The predicted molar refractivity (Wildman–Crippen MR) is 131 cm³/mol. The lowest BCUT2D eigenvalue weighted by atomic mass is 9.81. The molecular weight excluding hydrogens is 482 g/mol. The molecule has 1 unspecified atom stereocenters. The maximum atomic E-state index is 13.4. The summed E-state index contributed by atoms with van der Waals surface area (Å²) in [5, 5.41) is 10.8. The number of halogens is 1. The van der Waals surface area contributed by atoms with Crippen LogP contribution in [0.5, 0.6) is 0 Å². The van der Waals surface area contributed by atoms with Gasteiger partial charge in [-0.25, -0.2) is 9.78 Å². The zero-order valence-electron chi connectivity index (χ0n) is 19.0. The highest BCUT2D eigenvalue weighted by Crippen LogP contribution is 2.47. The lowest BCUT2D eigenvalue weighted by molar-refractivity contribution is -0.118. The zero-order valence-corrected chi connectivity index (χ0v) is 21.4. The van der Waals surface area contributed by atoms with E-state index < -0.39 is 0 Å². The van der Waals surface area contributed by atoms with Crippen molar-refractivity contribution in [3.63, 3.8) is 0 Å². The molecule has 3 heterocycles. The summed E-state index contributed by atoms with van der Waals surface area (Å²) in [7, 11) is 1.38. The van der Waals surface area contributed by atoms with E-state index >= 15 is 0 Å². The number of nitrogens with zero attached hydrogens (tertiary/aromatic N) is 3. The van der Waals surface area contributed by atoms with Crippen LogP contribution >= 0.6 is 34.7 Å².